The molecule has 3 rings (SSSR count). The monoisotopic (exact) mass is 307 g/mol. The topological polar surface area (TPSA) is 31.4 Å². The van der Waals surface area contributed by atoms with Crippen LogP contribution in [0.1, 0.15) is 12.8 Å². The summed E-state index contributed by atoms with van der Waals surface area (Å²) in [6.45, 7) is 1.58. The standard InChI is InChI=1S/C14H14BrNO2/c15-10-1-2-13-12(9-10)14(3-6-16-13)18-11-4-7-17-8-5-11/h1-3,6,9,11H,4-5,7-8H2. The van der Waals surface area contributed by atoms with Crippen molar-refractivity contribution >= 4 is 26.8 Å². The molecule has 0 atom stereocenters. The summed E-state index contributed by atoms with van der Waals surface area (Å²) in [6.07, 6.45) is 3.96. The molecule has 0 N–H and O–H groups in total. The fourth-order valence-electron chi connectivity index (χ4n) is 2.17. The Morgan fingerprint density at radius 3 is 2.89 bits per heavy atom. The summed E-state index contributed by atoms with van der Waals surface area (Å²) in [5.74, 6) is 0.910. The van der Waals surface area contributed by atoms with E-state index in [1.54, 1.807) is 6.20 Å². The van der Waals surface area contributed by atoms with Crippen molar-refractivity contribution in [1.29, 1.82) is 0 Å². The molecule has 1 fully saturated rings. The third-order valence-corrected chi connectivity index (χ3v) is 3.62. The highest BCUT2D eigenvalue weighted by Crippen LogP contribution is 2.28. The van der Waals surface area contributed by atoms with Crippen LogP contribution >= 0.6 is 15.9 Å². The lowest BCUT2D eigenvalue weighted by Crippen LogP contribution is -2.25. The van der Waals surface area contributed by atoms with Gasteiger partial charge in [0.2, 0.25) is 0 Å². The number of hydrogen-bond acceptors (Lipinski definition) is 3. The van der Waals surface area contributed by atoms with Crippen LogP contribution < -0.4 is 4.74 Å². The highest BCUT2D eigenvalue weighted by Gasteiger charge is 2.16. The smallest absolute Gasteiger partial charge is 0.130 e. The first-order chi connectivity index (χ1) is 8.83. The van der Waals surface area contributed by atoms with E-state index in [-0.39, 0.29) is 6.10 Å². The van der Waals surface area contributed by atoms with Crippen LogP contribution in [0.2, 0.25) is 0 Å². The Balaban J connectivity index is 1.92. The molecule has 3 nitrogen and oxygen atoms in total. The summed E-state index contributed by atoms with van der Waals surface area (Å²) in [4.78, 5) is 4.35. The van der Waals surface area contributed by atoms with E-state index in [0.29, 0.717) is 0 Å². The van der Waals surface area contributed by atoms with Gasteiger partial charge < -0.3 is 9.47 Å². The molecule has 2 heterocycles. The number of nitrogens with zero attached hydrogens (tertiary/aromatic N) is 1. The minimum Gasteiger partial charge on any atom is -0.489 e. The molecule has 1 saturated heterocycles. The van der Waals surface area contributed by atoms with Crippen molar-refractivity contribution in [2.75, 3.05) is 13.2 Å². The SMILES string of the molecule is Brc1ccc2nccc(OC3CCOCC3)c2c1. The van der Waals surface area contributed by atoms with Crippen molar-refractivity contribution in [3.05, 3.63) is 34.9 Å². The molecule has 1 aromatic carbocycles. The molecule has 0 bridgehead atoms. The molecule has 0 saturated carbocycles. The molecule has 0 spiro atoms. The Morgan fingerprint density at radius 2 is 2.06 bits per heavy atom. The van der Waals surface area contributed by atoms with Crippen LogP contribution in [0.15, 0.2) is 34.9 Å². The second-order valence-electron chi connectivity index (χ2n) is 4.40. The van der Waals surface area contributed by atoms with Gasteiger partial charge in [0.05, 0.1) is 18.7 Å². The first-order valence-corrected chi connectivity index (χ1v) is 6.91. The fourth-order valence-corrected chi connectivity index (χ4v) is 2.53. The fraction of sp³-hybridized carbons (Fsp3) is 0.357. The predicted molar refractivity (Wildman–Crippen MR) is 73.9 cm³/mol. The van der Waals surface area contributed by atoms with E-state index in [0.717, 1.165) is 47.2 Å². The normalized spacial score (nSPS) is 16.9. The van der Waals surface area contributed by atoms with Crippen LogP contribution in [0.4, 0.5) is 0 Å². The van der Waals surface area contributed by atoms with Gasteiger partial charge in [0, 0.05) is 28.9 Å². The highest BCUT2D eigenvalue weighted by atomic mass is 79.9. The molecule has 1 aliphatic heterocycles. The van der Waals surface area contributed by atoms with Gasteiger partial charge in [0.25, 0.3) is 0 Å². The van der Waals surface area contributed by atoms with Gasteiger partial charge in [0.15, 0.2) is 0 Å². The van der Waals surface area contributed by atoms with Crippen molar-refractivity contribution in [3.8, 4) is 5.75 Å². The molecule has 4 heteroatoms. The van der Waals surface area contributed by atoms with Crippen molar-refractivity contribution in [2.45, 2.75) is 18.9 Å². The number of halogens is 1. The van der Waals surface area contributed by atoms with Gasteiger partial charge >= 0.3 is 0 Å². The number of ether oxygens (including phenoxy) is 2. The van der Waals surface area contributed by atoms with E-state index in [2.05, 4.69) is 27.0 Å². The molecular formula is C14H14BrNO2. The maximum absolute atomic E-state index is 6.08. The molecule has 18 heavy (non-hydrogen) atoms. The summed E-state index contributed by atoms with van der Waals surface area (Å²) >= 11 is 3.49. The minimum absolute atomic E-state index is 0.253. The summed E-state index contributed by atoms with van der Waals surface area (Å²) in [7, 11) is 0. The van der Waals surface area contributed by atoms with Crippen LogP contribution in [0, 0.1) is 0 Å². The van der Waals surface area contributed by atoms with Crippen molar-refractivity contribution in [3.63, 3.8) is 0 Å². The number of pyridine rings is 1. The number of hydrogen-bond donors (Lipinski definition) is 0. The largest absolute Gasteiger partial charge is 0.489 e. The summed E-state index contributed by atoms with van der Waals surface area (Å²) in [6, 6.07) is 7.98. The molecule has 94 valence electrons. The second-order valence-corrected chi connectivity index (χ2v) is 5.32. The van der Waals surface area contributed by atoms with E-state index < -0.39 is 0 Å². The third kappa shape index (κ3) is 2.49. The van der Waals surface area contributed by atoms with Gasteiger partial charge in [-0.3, -0.25) is 4.98 Å². The number of rotatable bonds is 2. The van der Waals surface area contributed by atoms with Gasteiger partial charge in [-0.2, -0.15) is 0 Å². The zero-order chi connectivity index (χ0) is 12.4. The Morgan fingerprint density at radius 1 is 1.22 bits per heavy atom. The third-order valence-electron chi connectivity index (χ3n) is 3.13. The number of fused-ring (bicyclic) bond motifs is 1. The van der Waals surface area contributed by atoms with E-state index in [4.69, 9.17) is 9.47 Å². The highest BCUT2D eigenvalue weighted by molar-refractivity contribution is 9.10. The van der Waals surface area contributed by atoms with Crippen molar-refractivity contribution in [2.24, 2.45) is 0 Å². The van der Waals surface area contributed by atoms with E-state index >= 15 is 0 Å². The molecule has 2 aromatic rings. The van der Waals surface area contributed by atoms with Gasteiger partial charge in [-0.15, -0.1) is 0 Å². The molecule has 0 unspecified atom stereocenters. The van der Waals surface area contributed by atoms with E-state index in [1.165, 1.54) is 0 Å². The summed E-state index contributed by atoms with van der Waals surface area (Å²) in [5, 5.41) is 1.05. The van der Waals surface area contributed by atoms with Crippen LogP contribution in [-0.2, 0) is 4.74 Å². The molecule has 1 aromatic heterocycles. The van der Waals surface area contributed by atoms with Gasteiger partial charge in [-0.25, -0.2) is 0 Å². The number of aromatic nitrogens is 1. The maximum Gasteiger partial charge on any atom is 0.130 e. The van der Waals surface area contributed by atoms with Crippen LogP contribution in [-0.4, -0.2) is 24.3 Å². The van der Waals surface area contributed by atoms with Crippen LogP contribution in [0.25, 0.3) is 10.9 Å². The zero-order valence-corrected chi connectivity index (χ0v) is 11.5. The first-order valence-electron chi connectivity index (χ1n) is 6.11. The first kappa shape index (κ1) is 11.9. The lowest BCUT2D eigenvalue weighted by atomic mass is 10.1. The lowest BCUT2D eigenvalue weighted by Gasteiger charge is -2.23. The summed E-state index contributed by atoms with van der Waals surface area (Å²) in [5.41, 5.74) is 0.961. The zero-order valence-electron chi connectivity index (χ0n) is 9.93. The lowest BCUT2D eigenvalue weighted by molar-refractivity contribution is 0.0261. The predicted octanol–water partition coefficient (Wildman–Crippen LogP) is 3.56. The molecule has 1 aliphatic rings. The Hall–Kier alpha value is -1.13. The maximum atomic E-state index is 6.08. The van der Waals surface area contributed by atoms with Gasteiger partial charge in [-0.05, 0) is 24.3 Å². The minimum atomic E-state index is 0.253. The van der Waals surface area contributed by atoms with E-state index in [1.807, 2.05) is 18.2 Å². The van der Waals surface area contributed by atoms with Crippen LogP contribution in [0.5, 0.6) is 5.75 Å². The molecule has 0 radical (unpaired) electrons. The average molecular weight is 308 g/mol. The van der Waals surface area contributed by atoms with Crippen molar-refractivity contribution < 1.29 is 9.47 Å². The molecule has 0 amide bonds. The molecular weight excluding hydrogens is 294 g/mol. The molecule has 0 aliphatic carbocycles. The Kier molecular flexibility index (Phi) is 3.48. The average Bonchev–Trinajstić information content (AvgIpc) is 2.41. The Labute approximate surface area is 114 Å². The number of benzene rings is 1. The Bertz CT molecular complexity index is 552. The quantitative estimate of drug-likeness (QED) is 0.850. The van der Waals surface area contributed by atoms with E-state index in [9.17, 15) is 0 Å². The van der Waals surface area contributed by atoms with Crippen molar-refractivity contribution in [1.82, 2.24) is 4.98 Å². The van der Waals surface area contributed by atoms with Crippen LogP contribution in [0.3, 0.4) is 0 Å². The summed E-state index contributed by atoms with van der Waals surface area (Å²) < 4.78 is 12.5. The van der Waals surface area contributed by atoms with Gasteiger partial charge in [-0.1, -0.05) is 15.9 Å². The second kappa shape index (κ2) is 5.24. The van der Waals surface area contributed by atoms with Gasteiger partial charge in [0.1, 0.15) is 11.9 Å².